The van der Waals surface area contributed by atoms with Gasteiger partial charge in [0.15, 0.2) is 0 Å². The molecule has 0 bridgehead atoms. The number of nitrogens with zero attached hydrogens (tertiary/aromatic N) is 1. The molecule has 0 amide bonds. The normalized spacial score (nSPS) is 26.8. The average Bonchev–Trinajstić information content (AvgIpc) is 3.09. The average molecular weight is 325 g/mol. The van der Waals surface area contributed by atoms with E-state index in [0.717, 1.165) is 31.1 Å². The van der Waals surface area contributed by atoms with Gasteiger partial charge in [-0.3, -0.25) is 0 Å². The molecule has 1 saturated heterocycles. The molecule has 1 N–H and O–H groups in total. The maximum atomic E-state index is 9.71. The summed E-state index contributed by atoms with van der Waals surface area (Å²) in [6.45, 7) is 7.89. The Balaban J connectivity index is 1.60. The number of rotatable bonds is 2. The number of hydrogen-bond acceptors (Lipinski definition) is 3. The summed E-state index contributed by atoms with van der Waals surface area (Å²) in [4.78, 5) is 0. The van der Waals surface area contributed by atoms with E-state index in [0.29, 0.717) is 11.8 Å². The minimum absolute atomic E-state index is 0.122. The summed E-state index contributed by atoms with van der Waals surface area (Å²) in [5.41, 5.74) is 1.80. The Bertz CT molecular complexity index is 774. The molecule has 1 aromatic carbocycles. The molecule has 2 fully saturated rings. The van der Waals surface area contributed by atoms with Crippen molar-refractivity contribution >= 4 is 23.5 Å². The highest BCUT2D eigenvalue weighted by atomic mass is 16.7. The minimum Gasteiger partial charge on any atom is -0.534 e. The van der Waals surface area contributed by atoms with Crippen LogP contribution in [0.4, 0.5) is 0 Å². The first-order chi connectivity index (χ1) is 11.4. The summed E-state index contributed by atoms with van der Waals surface area (Å²) in [5.74, 6) is 0.672. The standard InChI is InChI=1S/C19H24BNO3/c1-13-19(2,3)24-20(23-13)15-4-9-18-14(12-15)10-11-21(18)16-5-7-17(22)8-6-16/h4,9-12,16-17,22H,1,5-8H2,2-3H3/t16-,17-. The van der Waals surface area contributed by atoms with Crippen molar-refractivity contribution in [3.05, 3.63) is 42.8 Å². The maximum absolute atomic E-state index is 9.71. The zero-order valence-corrected chi connectivity index (χ0v) is 14.4. The number of fused-ring (bicyclic) bond motifs is 1. The Morgan fingerprint density at radius 1 is 1.21 bits per heavy atom. The summed E-state index contributed by atoms with van der Waals surface area (Å²) in [6.07, 6.45) is 5.90. The van der Waals surface area contributed by atoms with Crippen LogP contribution in [-0.4, -0.2) is 28.5 Å². The molecule has 1 saturated carbocycles. The van der Waals surface area contributed by atoms with E-state index in [9.17, 15) is 5.11 Å². The number of benzene rings is 1. The van der Waals surface area contributed by atoms with Crippen molar-refractivity contribution in [2.75, 3.05) is 0 Å². The van der Waals surface area contributed by atoms with Crippen LogP contribution in [0.25, 0.3) is 10.9 Å². The third-order valence-corrected chi connectivity index (χ3v) is 5.40. The van der Waals surface area contributed by atoms with Crippen molar-refractivity contribution in [2.24, 2.45) is 0 Å². The van der Waals surface area contributed by atoms with Crippen LogP contribution in [0.1, 0.15) is 45.6 Å². The van der Waals surface area contributed by atoms with Gasteiger partial charge < -0.3 is 19.0 Å². The van der Waals surface area contributed by atoms with Crippen molar-refractivity contribution in [2.45, 2.75) is 57.3 Å². The molecule has 1 aromatic heterocycles. The zero-order chi connectivity index (χ0) is 16.9. The molecule has 2 aliphatic rings. The monoisotopic (exact) mass is 325 g/mol. The van der Waals surface area contributed by atoms with E-state index in [-0.39, 0.29) is 13.2 Å². The minimum atomic E-state index is -0.450. The highest BCUT2D eigenvalue weighted by molar-refractivity contribution is 6.62. The Morgan fingerprint density at radius 3 is 2.62 bits per heavy atom. The van der Waals surface area contributed by atoms with Crippen LogP contribution >= 0.6 is 0 Å². The van der Waals surface area contributed by atoms with E-state index in [2.05, 4.69) is 41.6 Å². The topological polar surface area (TPSA) is 43.6 Å². The van der Waals surface area contributed by atoms with Crippen molar-refractivity contribution in [3.63, 3.8) is 0 Å². The van der Waals surface area contributed by atoms with Crippen molar-refractivity contribution in [3.8, 4) is 0 Å². The zero-order valence-electron chi connectivity index (χ0n) is 14.4. The summed E-state index contributed by atoms with van der Waals surface area (Å²) in [7, 11) is -0.384. The molecular weight excluding hydrogens is 301 g/mol. The first-order valence-electron chi connectivity index (χ1n) is 8.76. The van der Waals surface area contributed by atoms with E-state index in [1.807, 2.05) is 13.8 Å². The molecule has 0 atom stereocenters. The molecule has 24 heavy (non-hydrogen) atoms. The third-order valence-electron chi connectivity index (χ3n) is 5.40. The Morgan fingerprint density at radius 2 is 1.96 bits per heavy atom. The molecule has 4 nitrogen and oxygen atoms in total. The van der Waals surface area contributed by atoms with E-state index >= 15 is 0 Å². The van der Waals surface area contributed by atoms with Crippen LogP contribution in [-0.2, 0) is 9.31 Å². The maximum Gasteiger partial charge on any atom is 0.563 e. The van der Waals surface area contributed by atoms with Crippen molar-refractivity contribution in [1.29, 1.82) is 0 Å². The summed E-state index contributed by atoms with van der Waals surface area (Å²) in [6, 6.07) is 9.00. The molecule has 0 spiro atoms. The molecular formula is C19H24BNO3. The molecule has 0 unspecified atom stereocenters. The van der Waals surface area contributed by atoms with Gasteiger partial charge in [0, 0.05) is 17.8 Å². The van der Waals surface area contributed by atoms with Gasteiger partial charge in [0.25, 0.3) is 0 Å². The van der Waals surface area contributed by atoms with Crippen LogP contribution in [0.2, 0.25) is 0 Å². The van der Waals surface area contributed by atoms with Gasteiger partial charge in [-0.25, -0.2) is 0 Å². The van der Waals surface area contributed by atoms with Gasteiger partial charge in [0.1, 0.15) is 5.60 Å². The van der Waals surface area contributed by atoms with Gasteiger partial charge in [-0.05, 0) is 62.5 Å². The second-order valence-electron chi connectivity index (χ2n) is 7.50. The molecule has 4 rings (SSSR count). The summed E-state index contributed by atoms with van der Waals surface area (Å²) in [5, 5.41) is 10.9. The van der Waals surface area contributed by atoms with E-state index in [1.54, 1.807) is 0 Å². The van der Waals surface area contributed by atoms with E-state index in [4.69, 9.17) is 9.31 Å². The second kappa shape index (κ2) is 5.68. The predicted octanol–water partition coefficient (Wildman–Crippen LogP) is 3.15. The fourth-order valence-electron chi connectivity index (χ4n) is 3.75. The van der Waals surface area contributed by atoms with E-state index in [1.165, 1.54) is 10.9 Å². The lowest BCUT2D eigenvalue weighted by atomic mass is 9.79. The lowest BCUT2D eigenvalue weighted by molar-refractivity contribution is 0.111. The lowest BCUT2D eigenvalue weighted by Crippen LogP contribution is -2.34. The smallest absolute Gasteiger partial charge is 0.534 e. The summed E-state index contributed by atoms with van der Waals surface area (Å²) >= 11 is 0. The molecule has 1 aliphatic heterocycles. The Kier molecular flexibility index (Phi) is 3.73. The fraction of sp³-hybridized carbons (Fsp3) is 0.474. The highest BCUT2D eigenvalue weighted by Crippen LogP contribution is 2.32. The molecule has 2 aromatic rings. The molecule has 0 radical (unpaired) electrons. The second-order valence-corrected chi connectivity index (χ2v) is 7.50. The largest absolute Gasteiger partial charge is 0.563 e. The van der Waals surface area contributed by atoms with Crippen LogP contribution in [0, 0.1) is 0 Å². The highest BCUT2D eigenvalue weighted by Gasteiger charge is 2.42. The first kappa shape index (κ1) is 15.8. The third kappa shape index (κ3) is 2.66. The Labute approximate surface area is 143 Å². The molecule has 2 heterocycles. The Hall–Kier alpha value is -1.72. The number of aliphatic hydroxyl groups excluding tert-OH is 1. The number of aliphatic hydroxyl groups is 1. The first-order valence-corrected chi connectivity index (χ1v) is 8.76. The molecule has 1 aliphatic carbocycles. The van der Waals surface area contributed by atoms with Gasteiger partial charge in [0.05, 0.1) is 11.9 Å². The summed E-state index contributed by atoms with van der Waals surface area (Å²) < 4.78 is 14.1. The molecule has 5 heteroatoms. The lowest BCUT2D eigenvalue weighted by Gasteiger charge is -2.27. The molecule has 126 valence electrons. The predicted molar refractivity (Wildman–Crippen MR) is 96.2 cm³/mol. The number of hydrogen-bond donors (Lipinski definition) is 1. The van der Waals surface area contributed by atoms with Gasteiger partial charge in [-0.2, -0.15) is 0 Å². The van der Waals surface area contributed by atoms with E-state index < -0.39 is 5.60 Å². The van der Waals surface area contributed by atoms with Gasteiger partial charge >= 0.3 is 7.12 Å². The van der Waals surface area contributed by atoms with Crippen LogP contribution in [0.3, 0.4) is 0 Å². The van der Waals surface area contributed by atoms with Gasteiger partial charge in [-0.15, -0.1) is 0 Å². The van der Waals surface area contributed by atoms with Crippen LogP contribution in [0.5, 0.6) is 0 Å². The van der Waals surface area contributed by atoms with Crippen molar-refractivity contribution in [1.82, 2.24) is 4.57 Å². The van der Waals surface area contributed by atoms with Gasteiger partial charge in [0.2, 0.25) is 0 Å². The quantitative estimate of drug-likeness (QED) is 0.863. The van der Waals surface area contributed by atoms with Gasteiger partial charge in [-0.1, -0.05) is 18.7 Å². The fourth-order valence-corrected chi connectivity index (χ4v) is 3.75. The van der Waals surface area contributed by atoms with Crippen LogP contribution in [0.15, 0.2) is 42.8 Å². The number of aromatic nitrogens is 1. The van der Waals surface area contributed by atoms with Crippen molar-refractivity contribution < 1.29 is 14.4 Å². The SMILES string of the molecule is C=C1OB(c2ccc3c(ccn3[C@H]3CC[C@H](O)CC3)c2)OC1(C)C. The van der Waals surface area contributed by atoms with Crippen LogP contribution < -0.4 is 5.46 Å².